The standard InChI is InChI=1S/C65H44N2/c1-4-19-45(20-5-1)46-35-38-50(39-36-46)67(61-34-18-33-60-64(61)56-29-14-17-32-59(56)65(60)57-30-15-12-27-54(57)55-28-13-16-31-58(55)65)52-42-40-51(41-43-52)66(49-24-8-3-9-25-49)62-44-37-47-21-10-11-26-53(47)63(62)48-22-6-2-7-23-48/h1-44H. The molecule has 0 aromatic heterocycles. The van der Waals surface area contributed by atoms with Crippen LogP contribution in [0.4, 0.5) is 34.1 Å². The lowest BCUT2D eigenvalue weighted by molar-refractivity contribution is 0.794. The number of para-hydroxylation sites is 1. The van der Waals surface area contributed by atoms with E-state index in [0.29, 0.717) is 0 Å². The molecule has 2 heteroatoms. The van der Waals surface area contributed by atoms with Crippen LogP contribution in [-0.4, -0.2) is 0 Å². The minimum Gasteiger partial charge on any atom is -0.310 e. The molecule has 0 saturated carbocycles. The minimum absolute atomic E-state index is 0.450. The zero-order chi connectivity index (χ0) is 44.3. The molecule has 314 valence electrons. The van der Waals surface area contributed by atoms with Crippen molar-refractivity contribution < 1.29 is 0 Å². The molecule has 13 rings (SSSR count). The quantitative estimate of drug-likeness (QED) is 0.150. The molecule has 2 nitrogen and oxygen atoms in total. The molecule has 11 aromatic rings. The monoisotopic (exact) mass is 852 g/mol. The fourth-order valence-electron chi connectivity index (χ4n) is 11.3. The van der Waals surface area contributed by atoms with Gasteiger partial charge in [-0.3, -0.25) is 0 Å². The first-order chi connectivity index (χ1) is 33.3. The normalized spacial score (nSPS) is 12.6. The summed E-state index contributed by atoms with van der Waals surface area (Å²) in [4.78, 5) is 4.88. The van der Waals surface area contributed by atoms with Gasteiger partial charge in [-0.1, -0.05) is 206 Å². The molecule has 1 spiro atoms. The van der Waals surface area contributed by atoms with E-state index < -0.39 is 5.41 Å². The van der Waals surface area contributed by atoms with Crippen molar-refractivity contribution in [2.45, 2.75) is 5.41 Å². The van der Waals surface area contributed by atoms with E-state index in [9.17, 15) is 0 Å². The lowest BCUT2D eigenvalue weighted by atomic mass is 9.70. The Kier molecular flexibility index (Phi) is 9.11. The highest BCUT2D eigenvalue weighted by Crippen LogP contribution is 2.64. The van der Waals surface area contributed by atoms with Crippen LogP contribution in [0.5, 0.6) is 0 Å². The van der Waals surface area contributed by atoms with Gasteiger partial charge in [0.05, 0.1) is 16.8 Å². The molecule has 2 aliphatic rings. The second-order valence-corrected chi connectivity index (χ2v) is 17.6. The van der Waals surface area contributed by atoms with Crippen LogP contribution in [0, 0.1) is 0 Å². The number of hydrogen-bond acceptors (Lipinski definition) is 2. The number of nitrogens with zero attached hydrogens (tertiary/aromatic N) is 2. The van der Waals surface area contributed by atoms with Gasteiger partial charge in [0.15, 0.2) is 0 Å². The topological polar surface area (TPSA) is 6.48 Å². The molecule has 0 bridgehead atoms. The maximum atomic E-state index is 2.47. The Balaban J connectivity index is 1.02. The van der Waals surface area contributed by atoms with Gasteiger partial charge < -0.3 is 9.80 Å². The minimum atomic E-state index is -0.450. The highest BCUT2D eigenvalue weighted by molar-refractivity contribution is 6.06. The van der Waals surface area contributed by atoms with Gasteiger partial charge in [0.2, 0.25) is 0 Å². The fourth-order valence-corrected chi connectivity index (χ4v) is 11.3. The van der Waals surface area contributed by atoms with Gasteiger partial charge >= 0.3 is 0 Å². The smallest absolute Gasteiger partial charge is 0.0726 e. The van der Waals surface area contributed by atoms with Gasteiger partial charge in [-0.15, -0.1) is 0 Å². The Hall–Kier alpha value is -8.72. The lowest BCUT2D eigenvalue weighted by Crippen LogP contribution is -2.26. The van der Waals surface area contributed by atoms with Crippen LogP contribution in [0.25, 0.3) is 55.3 Å². The summed E-state index contributed by atoms with van der Waals surface area (Å²) in [7, 11) is 0. The highest BCUT2D eigenvalue weighted by atomic mass is 15.2. The van der Waals surface area contributed by atoms with Crippen LogP contribution >= 0.6 is 0 Å². The number of rotatable bonds is 8. The zero-order valence-electron chi connectivity index (χ0n) is 36.8. The van der Waals surface area contributed by atoms with Crippen molar-refractivity contribution >= 4 is 44.9 Å². The van der Waals surface area contributed by atoms with Crippen LogP contribution in [0.1, 0.15) is 22.3 Å². The number of hydrogen-bond donors (Lipinski definition) is 0. The molecule has 67 heavy (non-hydrogen) atoms. The highest BCUT2D eigenvalue weighted by Gasteiger charge is 2.52. The predicted octanol–water partition coefficient (Wildman–Crippen LogP) is 17.5. The maximum Gasteiger partial charge on any atom is 0.0726 e. The van der Waals surface area contributed by atoms with Crippen LogP contribution in [0.15, 0.2) is 267 Å². The van der Waals surface area contributed by atoms with Crippen molar-refractivity contribution in [3.05, 3.63) is 289 Å². The molecule has 0 saturated heterocycles. The summed E-state index contributed by atoms with van der Waals surface area (Å²) in [6.07, 6.45) is 0. The summed E-state index contributed by atoms with van der Waals surface area (Å²) in [5.41, 5.74) is 21.4. The number of fused-ring (bicyclic) bond motifs is 11. The van der Waals surface area contributed by atoms with Gasteiger partial charge in [-0.25, -0.2) is 0 Å². The third-order valence-corrected chi connectivity index (χ3v) is 14.1. The molecule has 0 N–H and O–H groups in total. The number of benzene rings is 11. The molecule has 0 heterocycles. The Morgan fingerprint density at radius 1 is 0.239 bits per heavy atom. The first-order valence-corrected chi connectivity index (χ1v) is 23.2. The first-order valence-electron chi connectivity index (χ1n) is 23.2. The van der Waals surface area contributed by atoms with Crippen LogP contribution in [0.2, 0.25) is 0 Å². The van der Waals surface area contributed by atoms with Gasteiger partial charge in [0.1, 0.15) is 0 Å². The Labute approximate surface area is 391 Å². The van der Waals surface area contributed by atoms with E-state index in [1.165, 1.54) is 77.5 Å². The maximum absolute atomic E-state index is 2.47. The third-order valence-electron chi connectivity index (χ3n) is 14.1. The molecular weight excluding hydrogens is 809 g/mol. The van der Waals surface area contributed by atoms with Crippen molar-refractivity contribution in [2.24, 2.45) is 0 Å². The summed E-state index contributed by atoms with van der Waals surface area (Å²) in [5, 5.41) is 2.43. The van der Waals surface area contributed by atoms with Gasteiger partial charge in [-0.2, -0.15) is 0 Å². The second kappa shape index (κ2) is 15.8. The lowest BCUT2D eigenvalue weighted by Gasteiger charge is -2.32. The van der Waals surface area contributed by atoms with Gasteiger partial charge in [0, 0.05) is 33.9 Å². The molecule has 0 aliphatic heterocycles. The Morgan fingerprint density at radius 2 is 0.657 bits per heavy atom. The van der Waals surface area contributed by atoms with E-state index in [1.54, 1.807) is 0 Å². The van der Waals surface area contributed by atoms with Crippen molar-refractivity contribution in [3.8, 4) is 44.5 Å². The zero-order valence-corrected chi connectivity index (χ0v) is 36.8. The molecule has 11 aromatic carbocycles. The van der Waals surface area contributed by atoms with E-state index in [1.807, 2.05) is 0 Å². The van der Waals surface area contributed by atoms with Crippen LogP contribution in [0.3, 0.4) is 0 Å². The molecule has 0 atom stereocenters. The summed E-state index contributed by atoms with van der Waals surface area (Å²) in [5.74, 6) is 0. The summed E-state index contributed by atoms with van der Waals surface area (Å²) in [6, 6.07) is 97.9. The van der Waals surface area contributed by atoms with Crippen molar-refractivity contribution in [2.75, 3.05) is 9.80 Å². The first kappa shape index (κ1) is 38.7. The molecule has 0 radical (unpaired) electrons. The van der Waals surface area contributed by atoms with E-state index in [-0.39, 0.29) is 0 Å². The number of anilines is 6. The van der Waals surface area contributed by atoms with Crippen molar-refractivity contribution in [1.82, 2.24) is 0 Å². The fraction of sp³-hybridized carbons (Fsp3) is 0.0154. The second-order valence-electron chi connectivity index (χ2n) is 17.6. The summed E-state index contributed by atoms with van der Waals surface area (Å²) >= 11 is 0. The van der Waals surface area contributed by atoms with Crippen LogP contribution in [-0.2, 0) is 5.41 Å². The largest absolute Gasteiger partial charge is 0.310 e. The van der Waals surface area contributed by atoms with E-state index in [2.05, 4.69) is 277 Å². The van der Waals surface area contributed by atoms with Crippen molar-refractivity contribution in [3.63, 3.8) is 0 Å². The summed E-state index contributed by atoms with van der Waals surface area (Å²) in [6.45, 7) is 0. The SMILES string of the molecule is c1ccc(-c2ccc(N(c3ccc(N(c4ccccc4)c4ccc5ccccc5c4-c4ccccc4)cc3)c3cccc4c3-c3ccccc3C43c4ccccc4-c4ccccc43)cc2)cc1. The molecule has 2 aliphatic carbocycles. The third kappa shape index (κ3) is 6.04. The Morgan fingerprint density at radius 3 is 1.27 bits per heavy atom. The molecule has 0 amide bonds. The molecule has 0 unspecified atom stereocenters. The van der Waals surface area contributed by atoms with E-state index in [4.69, 9.17) is 0 Å². The summed E-state index contributed by atoms with van der Waals surface area (Å²) < 4.78 is 0. The molecule has 0 fully saturated rings. The van der Waals surface area contributed by atoms with Gasteiger partial charge in [0.25, 0.3) is 0 Å². The molecular formula is C65H44N2. The average molecular weight is 853 g/mol. The van der Waals surface area contributed by atoms with E-state index in [0.717, 1.165) is 34.1 Å². The predicted molar refractivity (Wildman–Crippen MR) is 280 cm³/mol. The van der Waals surface area contributed by atoms with Gasteiger partial charge in [-0.05, 0) is 127 Å². The van der Waals surface area contributed by atoms with E-state index >= 15 is 0 Å². The Bertz CT molecular complexity index is 3570. The van der Waals surface area contributed by atoms with Crippen LogP contribution < -0.4 is 9.80 Å². The average Bonchev–Trinajstić information content (AvgIpc) is 3.88. The van der Waals surface area contributed by atoms with Crippen molar-refractivity contribution in [1.29, 1.82) is 0 Å².